The molecule has 0 unspecified atom stereocenters. The Morgan fingerprint density at radius 1 is 0.455 bits per heavy atom. The number of methoxy groups -OCH3 is 1. The highest BCUT2D eigenvalue weighted by atomic mass is 16.5. The number of fused-ring (bicyclic) bond motifs is 7. The Kier molecular flexibility index (Phi) is 5.41. The lowest BCUT2D eigenvalue weighted by Gasteiger charge is -2.14. The SMILES string of the molecule is COc1ccc(-c2cc3cc4c(ccn4-c4ccccc4)cc3c3cc4c(cc23)c2ccccc2n4-c2ccccc2)cc1. The van der Waals surface area contributed by atoms with Crippen molar-refractivity contribution in [2.75, 3.05) is 7.11 Å². The molecule has 0 aliphatic heterocycles. The Balaban J connectivity index is 1.43. The molecule has 0 saturated heterocycles. The molecule has 0 bridgehead atoms. The summed E-state index contributed by atoms with van der Waals surface area (Å²) in [5.74, 6) is 0.856. The first-order chi connectivity index (χ1) is 21.8. The summed E-state index contributed by atoms with van der Waals surface area (Å²) < 4.78 is 10.2. The molecule has 3 heteroatoms. The lowest BCUT2D eigenvalue weighted by molar-refractivity contribution is 0.415. The zero-order valence-electron chi connectivity index (χ0n) is 24.2. The summed E-state index contributed by atoms with van der Waals surface area (Å²) in [5.41, 5.74) is 8.32. The van der Waals surface area contributed by atoms with E-state index in [0.29, 0.717) is 0 Å². The maximum atomic E-state index is 5.50. The van der Waals surface area contributed by atoms with Crippen LogP contribution in [0.5, 0.6) is 5.75 Å². The number of aromatic nitrogens is 2. The molecule has 0 fully saturated rings. The van der Waals surface area contributed by atoms with Crippen molar-refractivity contribution in [1.29, 1.82) is 0 Å². The molecule has 0 saturated carbocycles. The van der Waals surface area contributed by atoms with E-state index in [1.807, 2.05) is 0 Å². The van der Waals surface area contributed by atoms with E-state index in [4.69, 9.17) is 4.74 Å². The second-order valence-electron chi connectivity index (χ2n) is 11.4. The van der Waals surface area contributed by atoms with E-state index < -0.39 is 0 Å². The van der Waals surface area contributed by atoms with E-state index >= 15 is 0 Å². The van der Waals surface area contributed by atoms with Gasteiger partial charge in [-0.2, -0.15) is 0 Å². The molecule has 0 radical (unpaired) electrons. The number of benzene rings is 7. The van der Waals surface area contributed by atoms with Gasteiger partial charge >= 0.3 is 0 Å². The van der Waals surface area contributed by atoms with Gasteiger partial charge in [-0.15, -0.1) is 0 Å². The lowest BCUT2D eigenvalue weighted by atomic mass is 9.91. The van der Waals surface area contributed by atoms with Crippen LogP contribution in [0.3, 0.4) is 0 Å². The van der Waals surface area contributed by atoms with Gasteiger partial charge in [0.05, 0.1) is 23.7 Å². The number of rotatable bonds is 4. The van der Waals surface area contributed by atoms with Gasteiger partial charge in [0.15, 0.2) is 0 Å². The largest absolute Gasteiger partial charge is 0.497 e. The predicted molar refractivity (Wildman–Crippen MR) is 185 cm³/mol. The van der Waals surface area contributed by atoms with Crippen LogP contribution in [0.1, 0.15) is 0 Å². The molecule has 44 heavy (non-hydrogen) atoms. The van der Waals surface area contributed by atoms with Crippen LogP contribution in [0.2, 0.25) is 0 Å². The van der Waals surface area contributed by atoms with Crippen LogP contribution in [0, 0.1) is 0 Å². The lowest BCUT2D eigenvalue weighted by Crippen LogP contribution is -1.94. The second kappa shape index (κ2) is 9.62. The molecule has 9 aromatic rings. The second-order valence-corrected chi connectivity index (χ2v) is 11.4. The summed E-state index contributed by atoms with van der Waals surface area (Å²) in [4.78, 5) is 0. The van der Waals surface area contributed by atoms with Gasteiger partial charge in [-0.05, 0) is 112 Å². The van der Waals surface area contributed by atoms with E-state index in [0.717, 1.165) is 17.1 Å². The average Bonchev–Trinajstić information content (AvgIpc) is 3.65. The van der Waals surface area contributed by atoms with Crippen molar-refractivity contribution < 1.29 is 4.74 Å². The van der Waals surface area contributed by atoms with Gasteiger partial charge in [-0.3, -0.25) is 0 Å². The summed E-state index contributed by atoms with van der Waals surface area (Å²) in [6, 6.07) is 52.6. The average molecular weight is 565 g/mol. The topological polar surface area (TPSA) is 19.1 Å². The molecule has 2 aromatic heterocycles. The van der Waals surface area contributed by atoms with Gasteiger partial charge in [0.25, 0.3) is 0 Å². The zero-order valence-corrected chi connectivity index (χ0v) is 24.2. The molecular formula is C41H28N2O. The Bertz CT molecular complexity index is 2500. The highest BCUT2D eigenvalue weighted by molar-refractivity contribution is 6.22. The van der Waals surface area contributed by atoms with Crippen LogP contribution >= 0.6 is 0 Å². The molecule has 0 spiro atoms. The van der Waals surface area contributed by atoms with E-state index in [-0.39, 0.29) is 0 Å². The molecule has 3 nitrogen and oxygen atoms in total. The molecule has 0 amide bonds. The van der Waals surface area contributed by atoms with Gasteiger partial charge in [0.1, 0.15) is 5.75 Å². The highest BCUT2D eigenvalue weighted by Crippen LogP contribution is 2.42. The van der Waals surface area contributed by atoms with Crippen LogP contribution in [0.4, 0.5) is 0 Å². The third-order valence-electron chi connectivity index (χ3n) is 9.00. The van der Waals surface area contributed by atoms with Crippen LogP contribution in [0.15, 0.2) is 152 Å². The van der Waals surface area contributed by atoms with E-state index in [1.54, 1.807) is 7.11 Å². The fraction of sp³-hybridized carbons (Fsp3) is 0.0244. The summed E-state index contributed by atoms with van der Waals surface area (Å²) in [6.45, 7) is 0. The fourth-order valence-corrected chi connectivity index (χ4v) is 6.92. The maximum Gasteiger partial charge on any atom is 0.118 e. The molecule has 208 valence electrons. The number of ether oxygens (including phenoxy) is 1. The van der Waals surface area contributed by atoms with Crippen LogP contribution in [0.25, 0.3) is 76.8 Å². The Morgan fingerprint density at radius 3 is 1.95 bits per heavy atom. The standard InChI is InChI=1S/C41H28N2O/c1-44-32-18-16-27(17-19-32)34-23-29-24-40-28(20-21-42(40)30-10-4-2-5-11-30)22-35(29)37-26-41-38(25-36(34)37)33-14-8-9-15-39(33)43(41)31-12-6-3-7-13-31/h2-26H,1H3. The molecular weight excluding hydrogens is 536 g/mol. The van der Waals surface area contributed by atoms with Crippen molar-refractivity contribution in [3.63, 3.8) is 0 Å². The first-order valence-electron chi connectivity index (χ1n) is 15.0. The minimum Gasteiger partial charge on any atom is -0.497 e. The minimum absolute atomic E-state index is 0.856. The quantitative estimate of drug-likeness (QED) is 0.195. The normalized spacial score (nSPS) is 11.8. The van der Waals surface area contributed by atoms with Gasteiger partial charge < -0.3 is 13.9 Å². The van der Waals surface area contributed by atoms with Crippen LogP contribution in [-0.2, 0) is 0 Å². The molecule has 0 aliphatic rings. The molecule has 0 N–H and O–H groups in total. The third-order valence-corrected chi connectivity index (χ3v) is 9.00. The van der Waals surface area contributed by atoms with E-state index in [9.17, 15) is 0 Å². The number of para-hydroxylation sites is 3. The number of nitrogens with zero attached hydrogens (tertiary/aromatic N) is 2. The Morgan fingerprint density at radius 2 is 1.18 bits per heavy atom. The van der Waals surface area contributed by atoms with Crippen molar-refractivity contribution in [3.05, 3.63) is 152 Å². The van der Waals surface area contributed by atoms with Crippen molar-refractivity contribution >= 4 is 54.3 Å². The van der Waals surface area contributed by atoms with Gasteiger partial charge in [0.2, 0.25) is 0 Å². The van der Waals surface area contributed by atoms with Crippen molar-refractivity contribution in [1.82, 2.24) is 9.13 Å². The third kappa shape index (κ3) is 3.69. The predicted octanol–water partition coefficient (Wildman–Crippen LogP) is 10.7. The minimum atomic E-state index is 0.856. The van der Waals surface area contributed by atoms with Crippen LogP contribution < -0.4 is 4.74 Å². The Hall–Kier alpha value is -5.80. The fourth-order valence-electron chi connectivity index (χ4n) is 6.92. The Labute approximate surface area is 254 Å². The zero-order chi connectivity index (χ0) is 29.2. The molecule has 0 atom stereocenters. The van der Waals surface area contributed by atoms with Crippen LogP contribution in [-0.4, -0.2) is 16.2 Å². The van der Waals surface area contributed by atoms with Gasteiger partial charge in [0, 0.05) is 33.7 Å². The van der Waals surface area contributed by atoms with Gasteiger partial charge in [-0.1, -0.05) is 66.7 Å². The smallest absolute Gasteiger partial charge is 0.118 e. The highest BCUT2D eigenvalue weighted by Gasteiger charge is 2.17. The van der Waals surface area contributed by atoms with Crippen molar-refractivity contribution in [2.24, 2.45) is 0 Å². The molecule has 9 rings (SSSR count). The summed E-state index contributed by atoms with van der Waals surface area (Å²) in [7, 11) is 1.72. The van der Waals surface area contributed by atoms with E-state index in [1.165, 1.54) is 65.4 Å². The van der Waals surface area contributed by atoms with Crippen molar-refractivity contribution in [3.8, 4) is 28.3 Å². The number of hydrogen-bond donors (Lipinski definition) is 0. The maximum absolute atomic E-state index is 5.50. The first kappa shape index (κ1) is 24.8. The summed E-state index contributed by atoms with van der Waals surface area (Å²) in [5, 5.41) is 8.69. The summed E-state index contributed by atoms with van der Waals surface area (Å²) >= 11 is 0. The molecule has 0 aliphatic carbocycles. The molecule has 7 aromatic carbocycles. The first-order valence-corrected chi connectivity index (χ1v) is 15.0. The summed E-state index contributed by atoms with van der Waals surface area (Å²) in [6.07, 6.45) is 2.18. The van der Waals surface area contributed by atoms with Gasteiger partial charge in [-0.25, -0.2) is 0 Å². The molecule has 2 heterocycles. The van der Waals surface area contributed by atoms with Crippen molar-refractivity contribution in [2.45, 2.75) is 0 Å². The van der Waals surface area contributed by atoms with E-state index in [2.05, 4.69) is 161 Å². The monoisotopic (exact) mass is 564 g/mol. The number of hydrogen-bond acceptors (Lipinski definition) is 1.